The van der Waals surface area contributed by atoms with Crippen molar-refractivity contribution >= 4 is 10.0 Å². The predicted molar refractivity (Wildman–Crippen MR) is 55.2 cm³/mol. The van der Waals surface area contributed by atoms with Crippen molar-refractivity contribution in [1.29, 1.82) is 0 Å². The third-order valence-corrected chi connectivity index (χ3v) is 3.40. The molecule has 0 radical (unpaired) electrons. The van der Waals surface area contributed by atoms with Crippen LogP contribution in [0.2, 0.25) is 0 Å². The third kappa shape index (κ3) is 6.01. The highest BCUT2D eigenvalue weighted by molar-refractivity contribution is 7.89. The van der Waals surface area contributed by atoms with Crippen LogP contribution in [0, 0.1) is 0 Å². The first-order valence-corrected chi connectivity index (χ1v) is 5.91. The minimum atomic E-state index is -3.05. The Labute approximate surface area is 81.4 Å². The maximum atomic E-state index is 11.3. The maximum absolute atomic E-state index is 11.3. The zero-order valence-electron chi connectivity index (χ0n) is 9.09. The van der Waals surface area contributed by atoms with E-state index in [0.29, 0.717) is 6.54 Å². The molecule has 0 atom stereocenters. The Morgan fingerprint density at radius 1 is 1.23 bits per heavy atom. The molecule has 0 aliphatic carbocycles. The molecule has 0 unspecified atom stereocenters. The average Bonchev–Trinajstić information content (AvgIpc) is 1.82. The van der Waals surface area contributed by atoms with E-state index < -0.39 is 10.0 Å². The molecule has 5 heteroatoms. The summed E-state index contributed by atoms with van der Waals surface area (Å²) in [6, 6.07) is 0. The Hall–Kier alpha value is -0.130. The summed E-state index contributed by atoms with van der Waals surface area (Å²) in [6.45, 7) is 6.52. The molecule has 0 aliphatic heterocycles. The highest BCUT2D eigenvalue weighted by Crippen LogP contribution is 1.99. The Morgan fingerprint density at radius 3 is 2.00 bits per heavy atom. The number of hydrogen-bond acceptors (Lipinski definition) is 3. The number of nitrogens with zero attached hydrogens (tertiary/aromatic N) is 1. The van der Waals surface area contributed by atoms with Gasteiger partial charge in [0.1, 0.15) is 0 Å². The molecule has 80 valence electrons. The molecule has 13 heavy (non-hydrogen) atoms. The lowest BCUT2D eigenvalue weighted by Gasteiger charge is -2.21. The van der Waals surface area contributed by atoms with Crippen molar-refractivity contribution < 1.29 is 8.42 Å². The number of hydrogen-bond donors (Lipinski definition) is 1. The molecular weight excluding hydrogens is 188 g/mol. The average molecular weight is 208 g/mol. The second-order valence-corrected chi connectivity index (χ2v) is 6.58. The predicted octanol–water partition coefficient (Wildman–Crippen LogP) is 0.266. The first kappa shape index (κ1) is 12.9. The zero-order chi connectivity index (χ0) is 10.7. The van der Waals surface area contributed by atoms with E-state index in [1.807, 2.05) is 20.8 Å². The molecule has 0 rings (SSSR count). The van der Waals surface area contributed by atoms with Crippen LogP contribution in [0.4, 0.5) is 0 Å². The van der Waals surface area contributed by atoms with E-state index in [0.717, 1.165) is 0 Å². The number of sulfonamides is 1. The minimum absolute atomic E-state index is 0.0260. The van der Waals surface area contributed by atoms with Gasteiger partial charge in [0.15, 0.2) is 0 Å². The van der Waals surface area contributed by atoms with Gasteiger partial charge in [0.05, 0.1) is 5.75 Å². The molecule has 0 heterocycles. The first-order valence-electron chi connectivity index (χ1n) is 4.30. The first-order chi connectivity index (χ1) is 5.65. The van der Waals surface area contributed by atoms with Gasteiger partial charge in [-0.3, -0.25) is 0 Å². The molecule has 0 aromatic heterocycles. The zero-order valence-corrected chi connectivity index (χ0v) is 9.90. The Balaban J connectivity index is 3.92. The molecule has 0 spiro atoms. The van der Waals surface area contributed by atoms with Crippen LogP contribution in [0.25, 0.3) is 0 Å². The van der Waals surface area contributed by atoms with Crippen molar-refractivity contribution in [2.45, 2.75) is 26.3 Å². The molecular formula is C8H20N2O2S. The molecule has 0 aliphatic rings. The molecule has 0 aromatic rings. The van der Waals surface area contributed by atoms with Crippen molar-refractivity contribution in [2.75, 3.05) is 26.4 Å². The summed E-state index contributed by atoms with van der Waals surface area (Å²) < 4.78 is 23.9. The second kappa shape index (κ2) is 4.39. The van der Waals surface area contributed by atoms with E-state index in [4.69, 9.17) is 0 Å². The summed E-state index contributed by atoms with van der Waals surface area (Å²) >= 11 is 0. The van der Waals surface area contributed by atoms with Gasteiger partial charge < -0.3 is 5.32 Å². The monoisotopic (exact) mass is 208 g/mol. The normalized spacial score (nSPS) is 13.7. The van der Waals surface area contributed by atoms with E-state index in [-0.39, 0.29) is 11.3 Å². The van der Waals surface area contributed by atoms with Gasteiger partial charge >= 0.3 is 0 Å². The lowest BCUT2D eigenvalue weighted by molar-refractivity contribution is 0.435. The van der Waals surface area contributed by atoms with Gasteiger partial charge in [0.25, 0.3) is 0 Å². The van der Waals surface area contributed by atoms with Crippen LogP contribution >= 0.6 is 0 Å². The topological polar surface area (TPSA) is 49.4 Å². The van der Waals surface area contributed by atoms with Crippen molar-refractivity contribution in [2.24, 2.45) is 0 Å². The standard InChI is InChI=1S/C8H20N2O2S/c1-8(2,3)9-6-7-13(11,12)10(4)5/h9H,6-7H2,1-5H3. The fourth-order valence-electron chi connectivity index (χ4n) is 0.738. The molecule has 0 aromatic carbocycles. The van der Waals surface area contributed by atoms with Crippen molar-refractivity contribution in [3.8, 4) is 0 Å². The highest BCUT2D eigenvalue weighted by atomic mass is 32.2. The summed E-state index contributed by atoms with van der Waals surface area (Å²) in [5.74, 6) is 0.150. The van der Waals surface area contributed by atoms with Crippen LogP contribution < -0.4 is 5.32 Å². The maximum Gasteiger partial charge on any atom is 0.214 e. The summed E-state index contributed by atoms with van der Waals surface area (Å²) in [4.78, 5) is 0. The number of nitrogens with one attached hydrogen (secondary N) is 1. The van der Waals surface area contributed by atoms with Gasteiger partial charge in [-0.2, -0.15) is 0 Å². The molecule has 1 N–H and O–H groups in total. The summed E-state index contributed by atoms with van der Waals surface area (Å²) in [6.07, 6.45) is 0. The van der Waals surface area contributed by atoms with E-state index >= 15 is 0 Å². The molecule has 0 amide bonds. The van der Waals surface area contributed by atoms with Crippen LogP contribution in [0.15, 0.2) is 0 Å². The van der Waals surface area contributed by atoms with Crippen LogP contribution in [-0.4, -0.2) is 44.7 Å². The molecule has 4 nitrogen and oxygen atoms in total. The third-order valence-electron chi connectivity index (χ3n) is 1.57. The lowest BCUT2D eigenvalue weighted by Crippen LogP contribution is -2.40. The van der Waals surface area contributed by atoms with Gasteiger partial charge in [-0.15, -0.1) is 0 Å². The van der Waals surface area contributed by atoms with Crippen LogP contribution in [0.1, 0.15) is 20.8 Å². The van der Waals surface area contributed by atoms with Crippen molar-refractivity contribution in [3.63, 3.8) is 0 Å². The largest absolute Gasteiger partial charge is 0.311 e. The van der Waals surface area contributed by atoms with Gasteiger partial charge in [-0.05, 0) is 20.8 Å². The molecule has 0 fully saturated rings. The fraction of sp³-hybridized carbons (Fsp3) is 1.00. The summed E-state index contributed by atoms with van der Waals surface area (Å²) in [5.41, 5.74) is -0.0260. The smallest absolute Gasteiger partial charge is 0.214 e. The van der Waals surface area contributed by atoms with Gasteiger partial charge in [0.2, 0.25) is 10.0 Å². The van der Waals surface area contributed by atoms with E-state index in [9.17, 15) is 8.42 Å². The van der Waals surface area contributed by atoms with Crippen LogP contribution in [-0.2, 0) is 10.0 Å². The van der Waals surface area contributed by atoms with Crippen LogP contribution in [0.5, 0.6) is 0 Å². The van der Waals surface area contributed by atoms with E-state index in [1.54, 1.807) is 14.1 Å². The highest BCUT2D eigenvalue weighted by Gasteiger charge is 2.15. The van der Waals surface area contributed by atoms with Gasteiger partial charge in [-0.25, -0.2) is 12.7 Å². The van der Waals surface area contributed by atoms with Crippen molar-refractivity contribution in [1.82, 2.24) is 9.62 Å². The van der Waals surface area contributed by atoms with Crippen LogP contribution in [0.3, 0.4) is 0 Å². The second-order valence-electron chi connectivity index (χ2n) is 4.28. The van der Waals surface area contributed by atoms with E-state index in [1.165, 1.54) is 4.31 Å². The minimum Gasteiger partial charge on any atom is -0.311 e. The molecule has 0 bridgehead atoms. The SMILES string of the molecule is CN(C)S(=O)(=O)CCNC(C)(C)C. The number of rotatable bonds is 4. The summed E-state index contributed by atoms with van der Waals surface area (Å²) in [7, 11) is 0.0463. The summed E-state index contributed by atoms with van der Waals surface area (Å²) in [5, 5.41) is 3.13. The Morgan fingerprint density at radius 2 is 1.69 bits per heavy atom. The molecule has 0 saturated carbocycles. The Kier molecular flexibility index (Phi) is 4.35. The lowest BCUT2D eigenvalue weighted by atomic mass is 10.1. The van der Waals surface area contributed by atoms with Gasteiger partial charge in [-0.1, -0.05) is 0 Å². The Bertz CT molecular complexity index is 239. The molecule has 0 saturated heterocycles. The fourth-order valence-corrected chi connectivity index (χ4v) is 1.46. The van der Waals surface area contributed by atoms with Gasteiger partial charge in [0, 0.05) is 26.2 Å². The van der Waals surface area contributed by atoms with E-state index in [2.05, 4.69) is 5.32 Å². The quantitative estimate of drug-likeness (QED) is 0.721. The van der Waals surface area contributed by atoms with Crippen molar-refractivity contribution in [3.05, 3.63) is 0 Å².